The number of carbonyl (C=O) groups is 1. The fraction of sp³-hybridized carbons (Fsp3) is 0.467. The molecule has 114 valence electrons. The highest BCUT2D eigenvalue weighted by atomic mass is 35.5. The van der Waals surface area contributed by atoms with Crippen LogP contribution in [0.25, 0.3) is 10.9 Å². The van der Waals surface area contributed by atoms with Crippen molar-refractivity contribution in [2.45, 2.75) is 26.2 Å². The zero-order valence-corrected chi connectivity index (χ0v) is 12.9. The molecule has 4 N–H and O–H groups in total. The quantitative estimate of drug-likeness (QED) is 0.815. The number of hydrogen-bond donors (Lipinski definition) is 3. The van der Waals surface area contributed by atoms with Gasteiger partial charge in [0, 0.05) is 11.3 Å². The second kappa shape index (κ2) is 6.45. The van der Waals surface area contributed by atoms with Gasteiger partial charge < -0.3 is 11.1 Å². The minimum absolute atomic E-state index is 0. The van der Waals surface area contributed by atoms with Crippen LogP contribution in [0, 0.1) is 18.8 Å². The van der Waals surface area contributed by atoms with Crippen molar-refractivity contribution in [3.05, 3.63) is 23.9 Å². The van der Waals surface area contributed by atoms with Gasteiger partial charge in [0.2, 0.25) is 5.91 Å². The summed E-state index contributed by atoms with van der Waals surface area (Å²) in [6.07, 6.45) is 4.87. The predicted molar refractivity (Wildman–Crippen MR) is 86.6 cm³/mol. The Labute approximate surface area is 130 Å². The number of aromatic nitrogens is 2. The van der Waals surface area contributed by atoms with Crippen LogP contribution in [0.2, 0.25) is 0 Å². The second-order valence-corrected chi connectivity index (χ2v) is 5.61. The van der Waals surface area contributed by atoms with Gasteiger partial charge in [-0.3, -0.25) is 9.89 Å². The molecule has 0 bridgehead atoms. The third-order valence-corrected chi connectivity index (χ3v) is 4.39. The normalized spacial score (nSPS) is 21.2. The predicted octanol–water partition coefficient (Wildman–Crippen LogP) is 2.61. The lowest BCUT2D eigenvalue weighted by Gasteiger charge is -2.17. The summed E-state index contributed by atoms with van der Waals surface area (Å²) in [4.78, 5) is 12.4. The van der Waals surface area contributed by atoms with Crippen LogP contribution in [0.4, 0.5) is 5.69 Å². The van der Waals surface area contributed by atoms with Gasteiger partial charge in [-0.1, -0.05) is 12.5 Å². The second-order valence-electron chi connectivity index (χ2n) is 5.61. The third-order valence-electron chi connectivity index (χ3n) is 4.39. The molecule has 0 unspecified atom stereocenters. The van der Waals surface area contributed by atoms with Crippen molar-refractivity contribution in [2.24, 2.45) is 17.6 Å². The van der Waals surface area contributed by atoms with Crippen LogP contribution in [0.15, 0.2) is 18.3 Å². The standard InChI is InChI=1S/C15H20N4O.ClH/c1-9-5-6-13(14-12(9)8-17-19-14)18-15(20)11-4-2-3-10(11)7-16;/h5-6,8,10-11H,2-4,7,16H2,1H3,(H,17,19)(H,18,20);1H/t10-,11-;/m1./s1. The summed E-state index contributed by atoms with van der Waals surface area (Å²) in [5.74, 6) is 0.440. The van der Waals surface area contributed by atoms with Crippen molar-refractivity contribution in [2.75, 3.05) is 11.9 Å². The van der Waals surface area contributed by atoms with E-state index in [1.165, 1.54) is 0 Å². The van der Waals surface area contributed by atoms with Crippen molar-refractivity contribution in [3.63, 3.8) is 0 Å². The molecule has 21 heavy (non-hydrogen) atoms. The van der Waals surface area contributed by atoms with Gasteiger partial charge in [-0.05, 0) is 43.9 Å². The summed E-state index contributed by atoms with van der Waals surface area (Å²) in [5.41, 5.74) is 8.59. The Morgan fingerprint density at radius 1 is 1.48 bits per heavy atom. The Hall–Kier alpha value is -1.59. The maximum atomic E-state index is 12.4. The van der Waals surface area contributed by atoms with E-state index in [1.807, 2.05) is 19.1 Å². The molecule has 0 spiro atoms. The number of amides is 1. The van der Waals surface area contributed by atoms with E-state index < -0.39 is 0 Å². The number of anilines is 1. The Bertz CT molecular complexity index is 640. The lowest BCUT2D eigenvalue weighted by atomic mass is 9.95. The summed E-state index contributed by atoms with van der Waals surface area (Å²) in [7, 11) is 0. The number of benzene rings is 1. The van der Waals surface area contributed by atoms with Crippen LogP contribution in [0.1, 0.15) is 24.8 Å². The molecule has 1 fully saturated rings. The summed E-state index contributed by atoms with van der Waals surface area (Å²) in [6, 6.07) is 3.93. The van der Waals surface area contributed by atoms with E-state index in [1.54, 1.807) is 6.20 Å². The van der Waals surface area contributed by atoms with E-state index in [2.05, 4.69) is 15.5 Å². The van der Waals surface area contributed by atoms with Crippen LogP contribution in [-0.2, 0) is 4.79 Å². The zero-order valence-electron chi connectivity index (χ0n) is 12.1. The molecule has 1 aliphatic carbocycles. The molecule has 0 saturated heterocycles. The van der Waals surface area contributed by atoms with Crippen LogP contribution >= 0.6 is 12.4 Å². The first-order valence-corrected chi connectivity index (χ1v) is 7.14. The number of nitrogens with zero attached hydrogens (tertiary/aromatic N) is 1. The van der Waals surface area contributed by atoms with Crippen LogP contribution in [0.5, 0.6) is 0 Å². The van der Waals surface area contributed by atoms with Crippen molar-refractivity contribution < 1.29 is 4.79 Å². The number of rotatable bonds is 3. The van der Waals surface area contributed by atoms with Crippen molar-refractivity contribution in [1.29, 1.82) is 0 Å². The molecule has 1 aliphatic rings. The minimum atomic E-state index is 0. The Balaban J connectivity index is 0.00000161. The monoisotopic (exact) mass is 308 g/mol. The molecule has 2 atom stereocenters. The lowest BCUT2D eigenvalue weighted by molar-refractivity contribution is -0.120. The maximum absolute atomic E-state index is 12.4. The average molecular weight is 309 g/mol. The Kier molecular flexibility index (Phi) is 4.85. The number of nitrogens with one attached hydrogen (secondary N) is 2. The van der Waals surface area contributed by atoms with E-state index in [9.17, 15) is 4.79 Å². The zero-order chi connectivity index (χ0) is 14.1. The number of nitrogens with two attached hydrogens (primary N) is 1. The number of H-pyrrole nitrogens is 1. The molecule has 1 heterocycles. The molecular formula is C15H21ClN4O. The highest BCUT2D eigenvalue weighted by molar-refractivity contribution is 6.02. The highest BCUT2D eigenvalue weighted by Crippen LogP contribution is 2.32. The average Bonchev–Trinajstić information content (AvgIpc) is 3.09. The van der Waals surface area contributed by atoms with E-state index in [-0.39, 0.29) is 24.2 Å². The highest BCUT2D eigenvalue weighted by Gasteiger charge is 2.32. The molecule has 5 nitrogen and oxygen atoms in total. The van der Waals surface area contributed by atoms with Gasteiger partial charge >= 0.3 is 0 Å². The molecular weight excluding hydrogens is 288 g/mol. The van der Waals surface area contributed by atoms with Crippen LogP contribution < -0.4 is 11.1 Å². The third kappa shape index (κ3) is 2.89. The van der Waals surface area contributed by atoms with Gasteiger partial charge in [-0.25, -0.2) is 0 Å². The fourth-order valence-corrected chi connectivity index (χ4v) is 3.17. The first-order valence-electron chi connectivity index (χ1n) is 7.14. The van der Waals surface area contributed by atoms with E-state index in [4.69, 9.17) is 5.73 Å². The van der Waals surface area contributed by atoms with E-state index in [0.717, 1.165) is 41.4 Å². The molecule has 0 aliphatic heterocycles. The number of aromatic amines is 1. The largest absolute Gasteiger partial charge is 0.330 e. The van der Waals surface area contributed by atoms with Gasteiger partial charge in [0.25, 0.3) is 0 Å². The van der Waals surface area contributed by atoms with Gasteiger partial charge in [-0.2, -0.15) is 5.10 Å². The van der Waals surface area contributed by atoms with E-state index >= 15 is 0 Å². The van der Waals surface area contributed by atoms with Crippen LogP contribution in [-0.4, -0.2) is 22.6 Å². The van der Waals surface area contributed by atoms with Gasteiger partial charge in [0.1, 0.15) is 0 Å². The van der Waals surface area contributed by atoms with Gasteiger partial charge in [0.05, 0.1) is 17.4 Å². The first-order chi connectivity index (χ1) is 9.70. The number of halogens is 1. The molecule has 1 aromatic heterocycles. The molecule has 6 heteroatoms. The number of fused-ring (bicyclic) bond motifs is 1. The fourth-order valence-electron chi connectivity index (χ4n) is 3.17. The summed E-state index contributed by atoms with van der Waals surface area (Å²) >= 11 is 0. The summed E-state index contributed by atoms with van der Waals surface area (Å²) in [5, 5.41) is 11.1. The van der Waals surface area contributed by atoms with Crippen molar-refractivity contribution >= 4 is 34.9 Å². The van der Waals surface area contributed by atoms with E-state index in [0.29, 0.717) is 12.5 Å². The van der Waals surface area contributed by atoms with Crippen LogP contribution in [0.3, 0.4) is 0 Å². The Morgan fingerprint density at radius 3 is 3.05 bits per heavy atom. The molecule has 1 aromatic carbocycles. The number of hydrogen-bond acceptors (Lipinski definition) is 3. The van der Waals surface area contributed by atoms with Gasteiger partial charge in [0.15, 0.2) is 0 Å². The van der Waals surface area contributed by atoms with Gasteiger partial charge in [-0.15, -0.1) is 12.4 Å². The number of aryl methyl sites for hydroxylation is 1. The van der Waals surface area contributed by atoms with Crippen molar-refractivity contribution in [1.82, 2.24) is 10.2 Å². The molecule has 1 saturated carbocycles. The molecule has 3 rings (SSSR count). The minimum Gasteiger partial charge on any atom is -0.330 e. The number of carbonyl (C=O) groups excluding carboxylic acids is 1. The van der Waals surface area contributed by atoms with Crippen molar-refractivity contribution in [3.8, 4) is 0 Å². The Morgan fingerprint density at radius 2 is 2.29 bits per heavy atom. The summed E-state index contributed by atoms with van der Waals surface area (Å²) in [6.45, 7) is 2.62. The lowest BCUT2D eigenvalue weighted by Crippen LogP contribution is -2.29. The molecule has 0 radical (unpaired) electrons. The summed E-state index contributed by atoms with van der Waals surface area (Å²) < 4.78 is 0. The maximum Gasteiger partial charge on any atom is 0.227 e. The SMILES string of the molecule is Cc1ccc(NC(=O)[C@@H]2CCC[C@@H]2CN)c2[nH]ncc12.Cl. The first kappa shape index (κ1) is 15.8. The molecule has 1 amide bonds. The smallest absolute Gasteiger partial charge is 0.227 e. The topological polar surface area (TPSA) is 83.8 Å². The molecule has 2 aromatic rings.